The highest BCUT2D eigenvalue weighted by atomic mass is 16.3. The van der Waals surface area contributed by atoms with Gasteiger partial charge in [0.25, 0.3) is 0 Å². The van der Waals surface area contributed by atoms with Gasteiger partial charge in [0.05, 0.1) is 12.6 Å². The van der Waals surface area contributed by atoms with Crippen molar-refractivity contribution in [3.8, 4) is 0 Å². The summed E-state index contributed by atoms with van der Waals surface area (Å²) in [5.41, 5.74) is 0. The van der Waals surface area contributed by atoms with E-state index in [0.29, 0.717) is 24.3 Å². The third-order valence-electron chi connectivity index (χ3n) is 4.99. The van der Waals surface area contributed by atoms with Gasteiger partial charge < -0.3 is 10.0 Å². The highest BCUT2D eigenvalue weighted by Gasteiger charge is 2.27. The van der Waals surface area contributed by atoms with E-state index in [1.807, 2.05) is 6.92 Å². The number of rotatable bonds is 5. The Balaban J connectivity index is 1.72. The quantitative estimate of drug-likeness (QED) is 0.819. The van der Waals surface area contributed by atoms with Gasteiger partial charge in [0.15, 0.2) is 0 Å². The number of aliphatic hydroxyl groups is 1. The molecule has 0 saturated carbocycles. The van der Waals surface area contributed by atoms with Gasteiger partial charge in [-0.2, -0.15) is 0 Å². The second-order valence-electron chi connectivity index (χ2n) is 7.38. The third-order valence-corrected chi connectivity index (χ3v) is 4.99. The first-order chi connectivity index (χ1) is 10.5. The average molecular weight is 311 g/mol. The van der Waals surface area contributed by atoms with E-state index in [9.17, 15) is 9.90 Å². The molecule has 5 heteroatoms. The number of piperazine rings is 1. The lowest BCUT2D eigenvalue weighted by atomic mass is 9.92. The number of amides is 1. The molecule has 0 aromatic heterocycles. The standard InChI is InChI=1S/C17H33N3O2/c1-4-16(21)12-18-5-7-19(8-6-18)13-17(22)20-10-14(2)9-15(3)11-20/h14-16,21H,4-13H2,1-3H3. The molecule has 2 saturated heterocycles. The minimum absolute atomic E-state index is 0.218. The smallest absolute Gasteiger partial charge is 0.236 e. The number of carbonyl (C=O) groups is 1. The fraction of sp³-hybridized carbons (Fsp3) is 0.941. The molecule has 0 radical (unpaired) electrons. The maximum atomic E-state index is 12.5. The number of β-amino-alcohol motifs (C(OH)–C–C–N with tert-alkyl or cyclic N) is 1. The van der Waals surface area contributed by atoms with Crippen LogP contribution in [0.2, 0.25) is 0 Å². The van der Waals surface area contributed by atoms with Gasteiger partial charge in [-0.1, -0.05) is 20.8 Å². The van der Waals surface area contributed by atoms with Gasteiger partial charge >= 0.3 is 0 Å². The van der Waals surface area contributed by atoms with Gasteiger partial charge in [-0.25, -0.2) is 0 Å². The number of hydrogen-bond donors (Lipinski definition) is 1. The fourth-order valence-corrected chi connectivity index (χ4v) is 3.71. The molecule has 3 unspecified atom stereocenters. The number of nitrogens with zero attached hydrogens (tertiary/aromatic N) is 3. The van der Waals surface area contributed by atoms with Gasteiger partial charge in [-0.3, -0.25) is 14.6 Å². The summed E-state index contributed by atoms with van der Waals surface area (Å²) in [6.45, 7) is 13.4. The van der Waals surface area contributed by atoms with Crippen molar-refractivity contribution in [2.75, 3.05) is 52.4 Å². The zero-order valence-electron chi connectivity index (χ0n) is 14.5. The maximum absolute atomic E-state index is 12.5. The molecule has 3 atom stereocenters. The molecule has 2 aliphatic heterocycles. The summed E-state index contributed by atoms with van der Waals surface area (Å²) >= 11 is 0. The molecule has 0 aliphatic carbocycles. The normalized spacial score (nSPS) is 29.5. The highest BCUT2D eigenvalue weighted by molar-refractivity contribution is 5.78. The van der Waals surface area contributed by atoms with Crippen LogP contribution in [-0.4, -0.2) is 84.2 Å². The first kappa shape index (κ1) is 17.7. The lowest BCUT2D eigenvalue weighted by molar-refractivity contribution is -0.135. The van der Waals surface area contributed by atoms with E-state index in [0.717, 1.165) is 52.2 Å². The highest BCUT2D eigenvalue weighted by Crippen LogP contribution is 2.21. The third kappa shape index (κ3) is 5.21. The van der Waals surface area contributed by atoms with E-state index in [1.54, 1.807) is 0 Å². The first-order valence-electron chi connectivity index (χ1n) is 8.88. The number of hydrogen-bond acceptors (Lipinski definition) is 4. The average Bonchev–Trinajstić information content (AvgIpc) is 2.48. The second-order valence-corrected chi connectivity index (χ2v) is 7.38. The van der Waals surface area contributed by atoms with E-state index in [-0.39, 0.29) is 6.10 Å². The van der Waals surface area contributed by atoms with Crippen LogP contribution < -0.4 is 0 Å². The number of carbonyl (C=O) groups excluding carboxylic acids is 1. The van der Waals surface area contributed by atoms with E-state index < -0.39 is 0 Å². The Morgan fingerprint density at radius 2 is 1.64 bits per heavy atom. The lowest BCUT2D eigenvalue weighted by Gasteiger charge is -2.38. The van der Waals surface area contributed by atoms with Gasteiger partial charge in [0, 0.05) is 45.8 Å². The molecule has 2 fully saturated rings. The van der Waals surface area contributed by atoms with Crippen LogP contribution in [0, 0.1) is 11.8 Å². The Hall–Kier alpha value is -0.650. The van der Waals surface area contributed by atoms with Crippen LogP contribution >= 0.6 is 0 Å². The molecule has 1 amide bonds. The topological polar surface area (TPSA) is 47.0 Å². The zero-order valence-corrected chi connectivity index (χ0v) is 14.5. The maximum Gasteiger partial charge on any atom is 0.236 e. The van der Waals surface area contributed by atoms with Crippen molar-refractivity contribution < 1.29 is 9.90 Å². The second kappa shape index (κ2) is 8.27. The molecule has 2 heterocycles. The molecule has 0 aromatic rings. The number of piperidine rings is 1. The monoisotopic (exact) mass is 311 g/mol. The predicted octanol–water partition coefficient (Wildman–Crippen LogP) is 0.879. The minimum Gasteiger partial charge on any atom is -0.392 e. The molecular formula is C17H33N3O2. The molecule has 0 spiro atoms. The van der Waals surface area contributed by atoms with Crippen molar-refractivity contribution in [3.05, 3.63) is 0 Å². The summed E-state index contributed by atoms with van der Waals surface area (Å²) < 4.78 is 0. The van der Waals surface area contributed by atoms with Crippen molar-refractivity contribution in [1.29, 1.82) is 0 Å². The first-order valence-corrected chi connectivity index (χ1v) is 8.88. The van der Waals surface area contributed by atoms with Crippen LogP contribution in [0.15, 0.2) is 0 Å². The SMILES string of the molecule is CCC(O)CN1CCN(CC(=O)N2CC(C)CC(C)C2)CC1. The van der Waals surface area contributed by atoms with Crippen LogP contribution in [0.5, 0.6) is 0 Å². The Morgan fingerprint density at radius 1 is 1.09 bits per heavy atom. The van der Waals surface area contributed by atoms with Crippen LogP contribution in [0.4, 0.5) is 0 Å². The molecule has 5 nitrogen and oxygen atoms in total. The van der Waals surface area contributed by atoms with Crippen LogP contribution in [0.3, 0.4) is 0 Å². The van der Waals surface area contributed by atoms with E-state index in [2.05, 4.69) is 28.5 Å². The van der Waals surface area contributed by atoms with Crippen molar-refractivity contribution in [3.63, 3.8) is 0 Å². The van der Waals surface area contributed by atoms with Crippen LogP contribution in [0.1, 0.15) is 33.6 Å². The Morgan fingerprint density at radius 3 is 2.18 bits per heavy atom. The zero-order chi connectivity index (χ0) is 16.1. The van der Waals surface area contributed by atoms with E-state index >= 15 is 0 Å². The molecule has 0 aromatic carbocycles. The van der Waals surface area contributed by atoms with Crippen molar-refractivity contribution >= 4 is 5.91 Å². The Labute approximate surface area is 135 Å². The Bertz CT molecular complexity index is 346. The van der Waals surface area contributed by atoms with E-state index in [4.69, 9.17) is 0 Å². The number of aliphatic hydroxyl groups excluding tert-OH is 1. The molecule has 22 heavy (non-hydrogen) atoms. The van der Waals surface area contributed by atoms with Gasteiger partial charge in [0.1, 0.15) is 0 Å². The van der Waals surface area contributed by atoms with E-state index in [1.165, 1.54) is 6.42 Å². The Kier molecular flexibility index (Phi) is 6.66. The fourth-order valence-electron chi connectivity index (χ4n) is 3.71. The van der Waals surface area contributed by atoms with Gasteiger partial charge in [0.2, 0.25) is 5.91 Å². The van der Waals surface area contributed by atoms with Crippen molar-refractivity contribution in [2.24, 2.45) is 11.8 Å². The molecule has 0 bridgehead atoms. The molecule has 2 rings (SSSR count). The lowest BCUT2D eigenvalue weighted by Crippen LogP contribution is -2.52. The summed E-state index contributed by atoms with van der Waals surface area (Å²) in [6.07, 6.45) is 1.83. The summed E-state index contributed by atoms with van der Waals surface area (Å²) in [5.74, 6) is 1.54. The summed E-state index contributed by atoms with van der Waals surface area (Å²) in [4.78, 5) is 19.1. The van der Waals surface area contributed by atoms with Crippen molar-refractivity contribution in [2.45, 2.75) is 39.7 Å². The molecule has 1 N–H and O–H groups in total. The molecule has 128 valence electrons. The van der Waals surface area contributed by atoms with Gasteiger partial charge in [-0.05, 0) is 24.7 Å². The summed E-state index contributed by atoms with van der Waals surface area (Å²) in [5, 5.41) is 9.73. The predicted molar refractivity (Wildman–Crippen MR) is 88.7 cm³/mol. The minimum atomic E-state index is -0.218. The summed E-state index contributed by atoms with van der Waals surface area (Å²) in [7, 11) is 0. The van der Waals surface area contributed by atoms with Gasteiger partial charge in [-0.15, -0.1) is 0 Å². The number of likely N-dealkylation sites (tertiary alicyclic amines) is 1. The molecular weight excluding hydrogens is 278 g/mol. The summed E-state index contributed by atoms with van der Waals surface area (Å²) in [6, 6.07) is 0. The molecule has 2 aliphatic rings. The van der Waals surface area contributed by atoms with Crippen LogP contribution in [0.25, 0.3) is 0 Å². The largest absolute Gasteiger partial charge is 0.392 e. The van der Waals surface area contributed by atoms with Crippen LogP contribution in [-0.2, 0) is 4.79 Å². The van der Waals surface area contributed by atoms with Crippen molar-refractivity contribution in [1.82, 2.24) is 14.7 Å².